The molecule has 0 aliphatic rings. The minimum atomic E-state index is -4.08. The number of nitrogens with zero attached hydrogens (tertiary/aromatic N) is 2. The van der Waals surface area contributed by atoms with Gasteiger partial charge in [-0.25, -0.2) is 0 Å². The molecule has 2 aromatic rings. The van der Waals surface area contributed by atoms with Crippen LogP contribution in [0.3, 0.4) is 0 Å². The summed E-state index contributed by atoms with van der Waals surface area (Å²) < 4.78 is 30.2. The number of hydrogen-bond acceptors (Lipinski definition) is 6. The SMILES string of the molecule is CC(=O)Nc1ccc(N=Nc2ccc(NCS(=O)(=O)O)cc2C)cc1. The fourth-order valence-electron chi connectivity index (χ4n) is 1.98. The van der Waals surface area contributed by atoms with Crippen LogP contribution in [0.15, 0.2) is 52.7 Å². The van der Waals surface area contributed by atoms with E-state index in [1.165, 1.54) is 6.92 Å². The van der Waals surface area contributed by atoms with E-state index in [1.54, 1.807) is 42.5 Å². The van der Waals surface area contributed by atoms with Gasteiger partial charge in [0.15, 0.2) is 0 Å². The molecule has 0 aliphatic carbocycles. The van der Waals surface area contributed by atoms with Crippen molar-refractivity contribution in [2.45, 2.75) is 13.8 Å². The average molecular weight is 362 g/mol. The summed E-state index contributed by atoms with van der Waals surface area (Å²) in [5, 5.41) is 13.6. The van der Waals surface area contributed by atoms with E-state index < -0.39 is 16.0 Å². The number of nitrogens with one attached hydrogen (secondary N) is 2. The van der Waals surface area contributed by atoms with E-state index in [2.05, 4.69) is 20.9 Å². The highest BCUT2D eigenvalue weighted by atomic mass is 32.2. The summed E-state index contributed by atoms with van der Waals surface area (Å²) in [4.78, 5) is 11.0. The van der Waals surface area contributed by atoms with E-state index in [4.69, 9.17) is 4.55 Å². The van der Waals surface area contributed by atoms with E-state index in [-0.39, 0.29) is 5.91 Å². The molecule has 2 aromatic carbocycles. The third kappa shape index (κ3) is 6.32. The zero-order chi connectivity index (χ0) is 18.4. The lowest BCUT2D eigenvalue weighted by molar-refractivity contribution is -0.114. The molecular formula is C16H18N4O4S. The fourth-order valence-corrected chi connectivity index (χ4v) is 2.33. The van der Waals surface area contributed by atoms with Crippen molar-refractivity contribution in [2.24, 2.45) is 10.2 Å². The summed E-state index contributed by atoms with van der Waals surface area (Å²) in [5.74, 6) is -0.707. The Morgan fingerprint density at radius 2 is 1.72 bits per heavy atom. The molecule has 9 heteroatoms. The van der Waals surface area contributed by atoms with Crippen molar-refractivity contribution >= 4 is 38.8 Å². The number of rotatable bonds is 6. The van der Waals surface area contributed by atoms with E-state index in [1.807, 2.05) is 6.92 Å². The summed E-state index contributed by atoms with van der Waals surface area (Å²) in [7, 11) is -4.08. The summed E-state index contributed by atoms with van der Waals surface area (Å²) in [5.41, 5.74) is 3.27. The van der Waals surface area contributed by atoms with Gasteiger partial charge < -0.3 is 10.6 Å². The van der Waals surface area contributed by atoms with Crippen LogP contribution in [-0.2, 0) is 14.9 Å². The molecule has 2 rings (SSSR count). The number of carbonyl (C=O) groups is 1. The van der Waals surface area contributed by atoms with Gasteiger partial charge in [0.2, 0.25) is 5.91 Å². The molecule has 25 heavy (non-hydrogen) atoms. The molecule has 0 heterocycles. The standard InChI is InChI=1S/C16H18N4O4S/c1-11-9-15(17-10-25(22,23)24)7-8-16(11)20-19-14-5-3-13(4-6-14)18-12(2)21/h3-9,17H,10H2,1-2H3,(H,18,21)(H,22,23,24). The molecule has 0 saturated heterocycles. The topological polar surface area (TPSA) is 120 Å². The molecule has 0 bridgehead atoms. The molecule has 0 saturated carbocycles. The highest BCUT2D eigenvalue weighted by Gasteiger charge is 2.05. The van der Waals surface area contributed by atoms with E-state index in [0.29, 0.717) is 22.7 Å². The Morgan fingerprint density at radius 1 is 1.08 bits per heavy atom. The predicted molar refractivity (Wildman–Crippen MR) is 96.1 cm³/mol. The second-order valence-electron chi connectivity index (χ2n) is 5.33. The predicted octanol–water partition coefficient (Wildman–Crippen LogP) is 3.63. The van der Waals surface area contributed by atoms with Crippen molar-refractivity contribution in [3.8, 4) is 0 Å². The highest BCUT2D eigenvalue weighted by molar-refractivity contribution is 7.85. The number of aryl methyl sites for hydroxylation is 1. The van der Waals surface area contributed by atoms with Gasteiger partial charge in [-0.1, -0.05) is 0 Å². The first-order valence-corrected chi connectivity index (χ1v) is 8.93. The molecule has 8 nitrogen and oxygen atoms in total. The maximum atomic E-state index is 11.0. The van der Waals surface area contributed by atoms with Crippen LogP contribution in [-0.4, -0.2) is 24.8 Å². The van der Waals surface area contributed by atoms with Crippen LogP contribution in [0.25, 0.3) is 0 Å². The van der Waals surface area contributed by atoms with Crippen LogP contribution in [0.1, 0.15) is 12.5 Å². The van der Waals surface area contributed by atoms with Gasteiger partial charge in [0.1, 0.15) is 5.88 Å². The van der Waals surface area contributed by atoms with Gasteiger partial charge in [0, 0.05) is 18.3 Å². The quantitative estimate of drug-likeness (QED) is 0.535. The third-order valence-electron chi connectivity index (χ3n) is 3.12. The van der Waals surface area contributed by atoms with E-state index >= 15 is 0 Å². The number of benzene rings is 2. The number of azo groups is 1. The van der Waals surface area contributed by atoms with Gasteiger partial charge in [-0.3, -0.25) is 9.35 Å². The molecule has 0 unspecified atom stereocenters. The van der Waals surface area contributed by atoms with Crippen molar-refractivity contribution < 1.29 is 17.8 Å². The summed E-state index contributed by atoms with van der Waals surface area (Å²) in [6.07, 6.45) is 0. The smallest absolute Gasteiger partial charge is 0.283 e. The van der Waals surface area contributed by atoms with Crippen LogP contribution in [0.4, 0.5) is 22.7 Å². The van der Waals surface area contributed by atoms with Crippen molar-refractivity contribution in [3.05, 3.63) is 48.0 Å². The fraction of sp³-hybridized carbons (Fsp3) is 0.188. The number of amides is 1. The van der Waals surface area contributed by atoms with Crippen molar-refractivity contribution in [2.75, 3.05) is 16.5 Å². The second-order valence-corrected chi connectivity index (χ2v) is 6.78. The number of anilines is 2. The number of carbonyl (C=O) groups excluding carboxylic acids is 1. The van der Waals surface area contributed by atoms with Crippen LogP contribution in [0.2, 0.25) is 0 Å². The lowest BCUT2D eigenvalue weighted by Gasteiger charge is -2.06. The molecular weight excluding hydrogens is 344 g/mol. The zero-order valence-electron chi connectivity index (χ0n) is 13.7. The Morgan fingerprint density at radius 3 is 2.28 bits per heavy atom. The molecule has 3 N–H and O–H groups in total. The lowest BCUT2D eigenvalue weighted by atomic mass is 10.2. The molecule has 0 aromatic heterocycles. The van der Waals surface area contributed by atoms with Crippen molar-refractivity contribution in [3.63, 3.8) is 0 Å². The van der Waals surface area contributed by atoms with Gasteiger partial charge in [-0.15, -0.1) is 0 Å². The monoisotopic (exact) mass is 362 g/mol. The number of hydrogen-bond donors (Lipinski definition) is 3. The summed E-state index contributed by atoms with van der Waals surface area (Å²) in [6, 6.07) is 12.0. The molecule has 0 fully saturated rings. The molecule has 132 valence electrons. The molecule has 1 amide bonds. The molecule has 0 atom stereocenters. The molecule has 0 aliphatic heterocycles. The van der Waals surface area contributed by atoms with Crippen molar-refractivity contribution in [1.82, 2.24) is 0 Å². The first kappa shape index (κ1) is 18.6. The Labute approximate surface area is 145 Å². The Hall–Kier alpha value is -2.78. The van der Waals surface area contributed by atoms with Crippen LogP contribution >= 0.6 is 0 Å². The largest absolute Gasteiger partial charge is 0.370 e. The van der Waals surface area contributed by atoms with Crippen molar-refractivity contribution in [1.29, 1.82) is 0 Å². The van der Waals surface area contributed by atoms with Gasteiger partial charge in [0.05, 0.1) is 11.4 Å². The average Bonchev–Trinajstić information content (AvgIpc) is 2.52. The Bertz CT molecular complexity index is 893. The lowest BCUT2D eigenvalue weighted by Crippen LogP contribution is -2.12. The highest BCUT2D eigenvalue weighted by Crippen LogP contribution is 2.25. The normalized spacial score (nSPS) is 11.5. The first-order chi connectivity index (χ1) is 11.7. The third-order valence-corrected chi connectivity index (χ3v) is 3.63. The zero-order valence-corrected chi connectivity index (χ0v) is 14.5. The maximum Gasteiger partial charge on any atom is 0.283 e. The second kappa shape index (κ2) is 7.86. The first-order valence-electron chi connectivity index (χ1n) is 7.32. The van der Waals surface area contributed by atoms with Gasteiger partial charge in [0.25, 0.3) is 10.1 Å². The van der Waals surface area contributed by atoms with E-state index in [9.17, 15) is 13.2 Å². The molecule has 0 spiro atoms. The van der Waals surface area contributed by atoms with E-state index in [0.717, 1.165) is 5.56 Å². The van der Waals surface area contributed by atoms with Gasteiger partial charge in [-0.2, -0.15) is 18.6 Å². The Balaban J connectivity index is 2.06. The van der Waals surface area contributed by atoms with Gasteiger partial charge >= 0.3 is 0 Å². The van der Waals surface area contributed by atoms with Gasteiger partial charge in [-0.05, 0) is 55.0 Å². The minimum Gasteiger partial charge on any atom is -0.370 e. The Kier molecular flexibility index (Phi) is 5.84. The summed E-state index contributed by atoms with van der Waals surface area (Å²) in [6.45, 7) is 3.25. The maximum absolute atomic E-state index is 11.0. The minimum absolute atomic E-state index is 0.146. The summed E-state index contributed by atoms with van der Waals surface area (Å²) >= 11 is 0. The van der Waals surface area contributed by atoms with Crippen LogP contribution < -0.4 is 10.6 Å². The van der Waals surface area contributed by atoms with Crippen LogP contribution in [0.5, 0.6) is 0 Å². The van der Waals surface area contributed by atoms with Crippen LogP contribution in [0, 0.1) is 6.92 Å². The molecule has 0 radical (unpaired) electrons.